The van der Waals surface area contributed by atoms with E-state index in [0.29, 0.717) is 32.8 Å². The highest BCUT2D eigenvalue weighted by atomic mass is 35.5. The molecular formula is C17H10Cl4N2O2. The summed E-state index contributed by atoms with van der Waals surface area (Å²) in [6, 6.07) is 14.0. The molecule has 4 nitrogen and oxygen atoms in total. The molecule has 25 heavy (non-hydrogen) atoms. The van der Waals surface area contributed by atoms with Crippen LogP contribution in [0.4, 0.5) is 5.69 Å². The van der Waals surface area contributed by atoms with E-state index >= 15 is 0 Å². The highest BCUT2D eigenvalue weighted by Gasteiger charge is 2.14. The van der Waals surface area contributed by atoms with Gasteiger partial charge in [-0.05, 0) is 24.3 Å². The molecule has 0 unspecified atom stereocenters. The van der Waals surface area contributed by atoms with Crippen LogP contribution in [0, 0.1) is 0 Å². The number of rotatable bonds is 4. The fourth-order valence-electron chi connectivity index (χ4n) is 2.15. The minimum absolute atomic E-state index is 0.404. The predicted octanol–water partition coefficient (Wildman–Crippen LogP) is 6.06. The average Bonchev–Trinajstić information content (AvgIpc) is 3.07. The van der Waals surface area contributed by atoms with Crippen molar-refractivity contribution < 1.29 is 9.32 Å². The number of hydrogen-bond acceptors (Lipinski definition) is 3. The van der Waals surface area contributed by atoms with Crippen LogP contribution in [-0.4, -0.2) is 15.9 Å². The van der Waals surface area contributed by atoms with Gasteiger partial charge in [0, 0.05) is 22.9 Å². The van der Waals surface area contributed by atoms with Crippen LogP contribution in [0.5, 0.6) is 0 Å². The molecule has 0 saturated heterocycles. The third-order valence-electron chi connectivity index (χ3n) is 3.37. The molecular weight excluding hydrogens is 406 g/mol. The summed E-state index contributed by atoms with van der Waals surface area (Å²) in [4.78, 5) is 10.3. The minimum atomic E-state index is -1.12. The molecule has 0 aliphatic carbocycles. The van der Waals surface area contributed by atoms with Crippen molar-refractivity contribution in [3.63, 3.8) is 0 Å². The normalized spacial score (nSPS) is 10.9. The van der Waals surface area contributed by atoms with Crippen molar-refractivity contribution in [2.24, 2.45) is 0 Å². The summed E-state index contributed by atoms with van der Waals surface area (Å²) >= 11 is 23.2. The van der Waals surface area contributed by atoms with E-state index in [4.69, 9.17) is 50.9 Å². The first-order chi connectivity index (χ1) is 12.0. The molecule has 0 atom stereocenters. The number of anilines is 1. The third-order valence-corrected chi connectivity index (χ3v) is 4.59. The summed E-state index contributed by atoms with van der Waals surface area (Å²) in [7, 11) is 0. The van der Waals surface area contributed by atoms with Crippen LogP contribution in [0.25, 0.3) is 22.6 Å². The molecule has 0 saturated carbocycles. The van der Waals surface area contributed by atoms with Crippen molar-refractivity contribution in [1.82, 2.24) is 5.16 Å². The van der Waals surface area contributed by atoms with Crippen molar-refractivity contribution in [2.45, 2.75) is 4.84 Å². The van der Waals surface area contributed by atoms with Gasteiger partial charge in [-0.2, -0.15) is 0 Å². The van der Waals surface area contributed by atoms with Gasteiger partial charge in [0.15, 0.2) is 10.6 Å². The number of nitrogens with zero attached hydrogens (tertiary/aromatic N) is 1. The molecule has 3 aromatic rings. The van der Waals surface area contributed by atoms with Crippen molar-refractivity contribution in [3.8, 4) is 22.6 Å². The summed E-state index contributed by atoms with van der Waals surface area (Å²) in [6.07, 6.45) is 0. The SMILES string of the molecule is O=C(Nc1ccc(-c2cc(-c3cccc(Cl)c3Cl)on2)cc1)C(Cl)Cl. The fraction of sp³-hybridized carbons (Fsp3) is 0.0588. The topological polar surface area (TPSA) is 55.1 Å². The van der Waals surface area contributed by atoms with Crippen LogP contribution in [0.15, 0.2) is 53.1 Å². The Hall–Kier alpha value is -1.72. The number of benzene rings is 2. The Morgan fingerprint density at radius 2 is 1.80 bits per heavy atom. The van der Waals surface area contributed by atoms with Crippen LogP contribution < -0.4 is 5.32 Å². The van der Waals surface area contributed by atoms with E-state index in [-0.39, 0.29) is 0 Å². The fourth-order valence-corrected chi connectivity index (χ4v) is 2.66. The first-order valence-corrected chi connectivity index (χ1v) is 8.69. The summed E-state index contributed by atoms with van der Waals surface area (Å²) in [6.45, 7) is 0. The lowest BCUT2D eigenvalue weighted by Gasteiger charge is -2.05. The Labute approximate surface area is 163 Å². The molecule has 128 valence electrons. The van der Waals surface area contributed by atoms with Crippen LogP contribution in [0.1, 0.15) is 0 Å². The Kier molecular flexibility index (Phi) is 5.54. The molecule has 1 aromatic heterocycles. The molecule has 1 amide bonds. The summed E-state index contributed by atoms with van der Waals surface area (Å²) in [5.74, 6) is 0.0161. The molecule has 0 aliphatic heterocycles. The summed E-state index contributed by atoms with van der Waals surface area (Å²) < 4.78 is 5.37. The second-order valence-electron chi connectivity index (χ2n) is 5.05. The smallest absolute Gasteiger partial charge is 0.257 e. The predicted molar refractivity (Wildman–Crippen MR) is 102 cm³/mol. The van der Waals surface area contributed by atoms with Gasteiger partial charge in [0.1, 0.15) is 5.69 Å². The molecule has 0 spiro atoms. The average molecular weight is 416 g/mol. The number of alkyl halides is 2. The number of carbonyl (C=O) groups is 1. The molecule has 8 heteroatoms. The van der Waals surface area contributed by atoms with Crippen LogP contribution in [0.3, 0.4) is 0 Å². The van der Waals surface area contributed by atoms with Crippen molar-refractivity contribution in [2.75, 3.05) is 5.32 Å². The summed E-state index contributed by atoms with van der Waals surface area (Å²) in [5, 5.41) is 7.48. The zero-order valence-electron chi connectivity index (χ0n) is 12.5. The lowest BCUT2D eigenvalue weighted by Crippen LogP contribution is -2.18. The van der Waals surface area contributed by atoms with Gasteiger partial charge in [0.2, 0.25) is 0 Å². The van der Waals surface area contributed by atoms with E-state index in [1.807, 2.05) is 0 Å². The van der Waals surface area contributed by atoms with Gasteiger partial charge in [-0.1, -0.05) is 69.8 Å². The van der Waals surface area contributed by atoms with Gasteiger partial charge < -0.3 is 9.84 Å². The molecule has 1 heterocycles. The van der Waals surface area contributed by atoms with Crippen LogP contribution >= 0.6 is 46.4 Å². The van der Waals surface area contributed by atoms with Gasteiger partial charge >= 0.3 is 0 Å². The molecule has 0 fully saturated rings. The van der Waals surface area contributed by atoms with E-state index in [1.54, 1.807) is 48.5 Å². The van der Waals surface area contributed by atoms with Crippen molar-refractivity contribution in [3.05, 3.63) is 58.6 Å². The lowest BCUT2D eigenvalue weighted by atomic mass is 10.1. The highest BCUT2D eigenvalue weighted by Crippen LogP contribution is 2.35. The van der Waals surface area contributed by atoms with E-state index in [9.17, 15) is 4.79 Å². The van der Waals surface area contributed by atoms with E-state index in [1.165, 1.54) is 0 Å². The number of amides is 1. The number of nitrogens with one attached hydrogen (secondary N) is 1. The Morgan fingerprint density at radius 1 is 1.08 bits per heavy atom. The number of aromatic nitrogens is 1. The Bertz CT molecular complexity index is 907. The maximum atomic E-state index is 11.5. The molecule has 0 radical (unpaired) electrons. The van der Waals surface area contributed by atoms with Gasteiger partial charge in [-0.3, -0.25) is 4.79 Å². The van der Waals surface area contributed by atoms with Gasteiger partial charge in [-0.25, -0.2) is 0 Å². The zero-order chi connectivity index (χ0) is 18.0. The molecule has 1 N–H and O–H groups in total. The number of halogens is 4. The highest BCUT2D eigenvalue weighted by molar-refractivity contribution is 6.54. The van der Waals surface area contributed by atoms with Gasteiger partial charge in [0.05, 0.1) is 10.0 Å². The van der Waals surface area contributed by atoms with E-state index in [0.717, 1.165) is 5.56 Å². The van der Waals surface area contributed by atoms with Crippen LogP contribution in [0.2, 0.25) is 10.0 Å². The molecule has 2 aromatic carbocycles. The lowest BCUT2D eigenvalue weighted by molar-refractivity contribution is -0.114. The minimum Gasteiger partial charge on any atom is -0.356 e. The Morgan fingerprint density at radius 3 is 2.48 bits per heavy atom. The Balaban J connectivity index is 1.83. The number of carbonyl (C=O) groups excluding carboxylic acids is 1. The second-order valence-corrected chi connectivity index (χ2v) is 6.93. The van der Waals surface area contributed by atoms with Crippen LogP contribution in [-0.2, 0) is 4.79 Å². The largest absolute Gasteiger partial charge is 0.356 e. The monoisotopic (exact) mass is 414 g/mol. The van der Waals surface area contributed by atoms with Crippen molar-refractivity contribution in [1.29, 1.82) is 0 Å². The zero-order valence-corrected chi connectivity index (χ0v) is 15.5. The maximum absolute atomic E-state index is 11.5. The van der Waals surface area contributed by atoms with Crippen molar-refractivity contribution >= 4 is 58.0 Å². The standard InChI is InChI=1S/C17H10Cl4N2O2/c18-12-3-1-2-11(15(12)19)14-8-13(23-25-14)9-4-6-10(7-5-9)22-17(24)16(20)21/h1-8,16H,(H,22,24). The third kappa shape index (κ3) is 4.10. The molecule has 0 aliphatic rings. The van der Waals surface area contributed by atoms with E-state index < -0.39 is 10.7 Å². The van der Waals surface area contributed by atoms with E-state index in [2.05, 4.69) is 10.5 Å². The maximum Gasteiger partial charge on any atom is 0.257 e. The first kappa shape index (κ1) is 18.1. The number of hydrogen-bond donors (Lipinski definition) is 1. The second kappa shape index (κ2) is 7.67. The van der Waals surface area contributed by atoms with Gasteiger partial charge in [-0.15, -0.1) is 0 Å². The van der Waals surface area contributed by atoms with Gasteiger partial charge in [0.25, 0.3) is 5.91 Å². The summed E-state index contributed by atoms with van der Waals surface area (Å²) in [5.41, 5.74) is 2.66. The quantitative estimate of drug-likeness (QED) is 0.527. The molecule has 3 rings (SSSR count). The first-order valence-electron chi connectivity index (χ1n) is 7.06. The molecule has 0 bridgehead atoms.